The number of nitrogens with two attached hydrogens (primary N) is 1. The summed E-state index contributed by atoms with van der Waals surface area (Å²) in [6.45, 7) is 3.64. The monoisotopic (exact) mass is 1180 g/mol. The van der Waals surface area contributed by atoms with Gasteiger partial charge in [0.25, 0.3) is 0 Å². The standard InChI is InChI=1S/C73H132NO8P/c1-3-5-7-9-11-13-15-17-19-21-23-25-27-28-29-30-31-32-33-34-35-36-37-38-39-40-41-42-44-45-47-49-51-53-55-57-59-61-63-65-72(75)79-69-71(70-81-83(77,78)80-68-67-74)82-73(76)66-64-62-60-58-56-54-52-50-48-46-43-26-24-22-20-18-16-14-12-10-8-6-4-2/h6,8,12,14-15,17-18,20-21,23-24,26,46,48,71H,3-5,7,9-11,13,16,19,22,25,27-45,47,49-70,74H2,1-2H3,(H,77,78)/b8-6-,14-12-,17-15-,20-18-,23-21-,26-24-,48-46-. The molecule has 2 atom stereocenters. The molecule has 0 aliphatic rings. The van der Waals surface area contributed by atoms with Crippen molar-refractivity contribution in [3.63, 3.8) is 0 Å². The lowest BCUT2D eigenvalue weighted by Crippen LogP contribution is -2.29. The molecule has 0 aliphatic heterocycles. The highest BCUT2D eigenvalue weighted by Crippen LogP contribution is 2.43. The lowest BCUT2D eigenvalue weighted by molar-refractivity contribution is -0.161. The second kappa shape index (κ2) is 68.3. The highest BCUT2D eigenvalue weighted by Gasteiger charge is 2.26. The van der Waals surface area contributed by atoms with Crippen LogP contribution in [0.25, 0.3) is 0 Å². The second-order valence-corrected chi connectivity index (χ2v) is 24.8. The molecule has 0 aromatic rings. The fourth-order valence-electron chi connectivity index (χ4n) is 10.1. The fraction of sp³-hybridized carbons (Fsp3) is 0.781. The van der Waals surface area contributed by atoms with Gasteiger partial charge in [-0.25, -0.2) is 4.57 Å². The van der Waals surface area contributed by atoms with Crippen LogP contribution in [0.15, 0.2) is 85.1 Å². The number of hydrogen-bond acceptors (Lipinski definition) is 8. The summed E-state index contributed by atoms with van der Waals surface area (Å²) < 4.78 is 33.1. The number of allylic oxidation sites excluding steroid dienone is 14. The molecule has 0 radical (unpaired) electrons. The van der Waals surface area contributed by atoms with Crippen molar-refractivity contribution in [1.29, 1.82) is 0 Å². The predicted molar refractivity (Wildman–Crippen MR) is 358 cm³/mol. The molecule has 0 rings (SSSR count). The van der Waals surface area contributed by atoms with E-state index in [1.165, 1.54) is 218 Å². The highest BCUT2D eigenvalue weighted by atomic mass is 31.2. The van der Waals surface area contributed by atoms with Crippen LogP contribution in [0.3, 0.4) is 0 Å². The largest absolute Gasteiger partial charge is 0.472 e. The van der Waals surface area contributed by atoms with E-state index in [-0.39, 0.29) is 38.6 Å². The minimum absolute atomic E-state index is 0.0493. The number of carbonyl (C=O) groups is 2. The Hall–Kier alpha value is -2.81. The summed E-state index contributed by atoms with van der Waals surface area (Å²) in [5.74, 6) is -0.831. The van der Waals surface area contributed by atoms with Crippen molar-refractivity contribution in [1.82, 2.24) is 0 Å². The first-order valence-electron chi connectivity index (χ1n) is 35.1. The summed E-state index contributed by atoms with van der Waals surface area (Å²) in [5, 5.41) is 0. The van der Waals surface area contributed by atoms with Gasteiger partial charge in [0, 0.05) is 19.4 Å². The summed E-state index contributed by atoms with van der Waals surface area (Å²) in [6, 6.07) is 0. The fourth-order valence-corrected chi connectivity index (χ4v) is 10.9. The number of ether oxygens (including phenoxy) is 2. The Balaban J connectivity index is 3.80. The van der Waals surface area contributed by atoms with Crippen molar-refractivity contribution in [2.75, 3.05) is 26.4 Å². The molecule has 0 aromatic heterocycles. The van der Waals surface area contributed by atoms with Crippen molar-refractivity contribution in [2.24, 2.45) is 5.73 Å². The molecule has 10 heteroatoms. The van der Waals surface area contributed by atoms with E-state index in [1.54, 1.807) is 0 Å². The van der Waals surface area contributed by atoms with Crippen LogP contribution in [0, 0.1) is 0 Å². The van der Waals surface area contributed by atoms with Gasteiger partial charge in [0.1, 0.15) is 6.61 Å². The second-order valence-electron chi connectivity index (χ2n) is 23.4. The maximum Gasteiger partial charge on any atom is 0.472 e. The van der Waals surface area contributed by atoms with Gasteiger partial charge in [-0.15, -0.1) is 0 Å². The van der Waals surface area contributed by atoms with Gasteiger partial charge in [-0.1, -0.05) is 317 Å². The molecule has 2 unspecified atom stereocenters. The first-order valence-corrected chi connectivity index (χ1v) is 36.6. The molecule has 0 bridgehead atoms. The Morgan fingerprint density at radius 1 is 0.373 bits per heavy atom. The van der Waals surface area contributed by atoms with E-state index in [0.29, 0.717) is 6.42 Å². The molecule has 0 saturated carbocycles. The molecular formula is C73H132NO8P. The third-order valence-corrected chi connectivity index (χ3v) is 16.2. The summed E-state index contributed by atoms with van der Waals surface area (Å²) in [4.78, 5) is 35.3. The van der Waals surface area contributed by atoms with Gasteiger partial charge in [0.05, 0.1) is 13.2 Å². The molecule has 83 heavy (non-hydrogen) atoms. The third-order valence-electron chi connectivity index (χ3n) is 15.3. The van der Waals surface area contributed by atoms with Crippen molar-refractivity contribution < 1.29 is 37.6 Å². The number of esters is 2. The van der Waals surface area contributed by atoms with E-state index in [0.717, 1.165) is 83.5 Å². The normalized spacial score (nSPS) is 13.4. The molecule has 0 heterocycles. The molecular weight excluding hydrogens is 1050 g/mol. The van der Waals surface area contributed by atoms with Gasteiger partial charge in [0.2, 0.25) is 0 Å². The Morgan fingerprint density at radius 2 is 0.663 bits per heavy atom. The SMILES string of the molecule is CC/C=C\C/C=C\C/C=C\C/C=C\C/C=C\CCCCCCCCCC(=O)OC(COC(=O)CCCCCCCCCCCCCCCCCCCCCCCCCCCCC/C=C\C/C=C\CCCCCCC)COP(=O)(O)OCCN. The average Bonchev–Trinajstić information content (AvgIpc) is 3.48. The first-order chi connectivity index (χ1) is 40.8. The quantitative estimate of drug-likeness (QED) is 0.0264. The van der Waals surface area contributed by atoms with Gasteiger partial charge >= 0.3 is 19.8 Å². The minimum atomic E-state index is -4.40. The maximum absolute atomic E-state index is 12.7. The third kappa shape index (κ3) is 68.2. The Bertz CT molecular complexity index is 1640. The zero-order valence-corrected chi connectivity index (χ0v) is 55.1. The van der Waals surface area contributed by atoms with Gasteiger partial charge in [-0.2, -0.15) is 0 Å². The number of unbranched alkanes of at least 4 members (excludes halogenated alkanes) is 39. The Labute approximate surface area is 513 Å². The van der Waals surface area contributed by atoms with E-state index >= 15 is 0 Å². The maximum atomic E-state index is 12.7. The zero-order chi connectivity index (χ0) is 60.1. The lowest BCUT2D eigenvalue weighted by Gasteiger charge is -2.19. The van der Waals surface area contributed by atoms with Gasteiger partial charge in [-0.05, 0) is 89.9 Å². The molecule has 0 saturated heterocycles. The van der Waals surface area contributed by atoms with Crippen LogP contribution in [-0.4, -0.2) is 49.3 Å². The van der Waals surface area contributed by atoms with Gasteiger partial charge in [0.15, 0.2) is 6.10 Å². The van der Waals surface area contributed by atoms with Crippen LogP contribution in [0.4, 0.5) is 0 Å². The van der Waals surface area contributed by atoms with E-state index in [9.17, 15) is 19.0 Å². The van der Waals surface area contributed by atoms with E-state index in [2.05, 4.69) is 98.9 Å². The number of rotatable bonds is 66. The number of carbonyl (C=O) groups excluding carboxylic acids is 2. The van der Waals surface area contributed by atoms with E-state index < -0.39 is 26.5 Å². The van der Waals surface area contributed by atoms with Crippen molar-refractivity contribution in [3.8, 4) is 0 Å². The van der Waals surface area contributed by atoms with E-state index in [4.69, 9.17) is 24.3 Å². The van der Waals surface area contributed by atoms with Crippen LogP contribution in [0.2, 0.25) is 0 Å². The highest BCUT2D eigenvalue weighted by molar-refractivity contribution is 7.47. The first kappa shape index (κ1) is 80.2. The van der Waals surface area contributed by atoms with Crippen molar-refractivity contribution in [3.05, 3.63) is 85.1 Å². The minimum Gasteiger partial charge on any atom is -0.462 e. The lowest BCUT2D eigenvalue weighted by atomic mass is 10.0. The van der Waals surface area contributed by atoms with Crippen molar-refractivity contribution in [2.45, 2.75) is 341 Å². The van der Waals surface area contributed by atoms with E-state index in [1.807, 2.05) is 0 Å². The number of hydrogen-bond donors (Lipinski definition) is 2. The predicted octanol–water partition coefficient (Wildman–Crippen LogP) is 23.0. The Morgan fingerprint density at radius 3 is 0.988 bits per heavy atom. The smallest absolute Gasteiger partial charge is 0.462 e. The molecule has 9 nitrogen and oxygen atoms in total. The van der Waals surface area contributed by atoms with Crippen LogP contribution in [0.1, 0.15) is 335 Å². The number of phosphoric acid groups is 1. The molecule has 482 valence electrons. The molecule has 0 fully saturated rings. The summed E-state index contributed by atoms with van der Waals surface area (Å²) in [5.41, 5.74) is 5.40. The Kier molecular flexibility index (Phi) is 66.0. The zero-order valence-electron chi connectivity index (χ0n) is 54.2. The van der Waals surface area contributed by atoms with Crippen LogP contribution in [0.5, 0.6) is 0 Å². The summed E-state index contributed by atoms with van der Waals surface area (Å²) in [6.07, 6.45) is 91.2. The summed E-state index contributed by atoms with van der Waals surface area (Å²) in [7, 11) is -4.40. The molecule has 0 amide bonds. The molecule has 0 spiro atoms. The van der Waals surface area contributed by atoms with Gasteiger partial charge in [-0.3, -0.25) is 18.6 Å². The molecule has 3 N–H and O–H groups in total. The van der Waals surface area contributed by atoms with Crippen LogP contribution in [-0.2, 0) is 32.7 Å². The van der Waals surface area contributed by atoms with Crippen molar-refractivity contribution >= 4 is 19.8 Å². The van der Waals surface area contributed by atoms with Crippen LogP contribution >= 0.6 is 7.82 Å². The average molecular weight is 1180 g/mol. The van der Waals surface area contributed by atoms with Gasteiger partial charge < -0.3 is 20.1 Å². The number of phosphoric ester groups is 1. The molecule has 0 aliphatic carbocycles. The topological polar surface area (TPSA) is 134 Å². The summed E-state index contributed by atoms with van der Waals surface area (Å²) >= 11 is 0. The molecule has 0 aromatic carbocycles. The van der Waals surface area contributed by atoms with Crippen LogP contribution < -0.4 is 5.73 Å².